The number of para-hydroxylation sites is 1. The fourth-order valence-corrected chi connectivity index (χ4v) is 1.69. The van der Waals surface area contributed by atoms with Crippen LogP contribution >= 0.6 is 0 Å². The van der Waals surface area contributed by atoms with Crippen LogP contribution in [0.1, 0.15) is 5.69 Å². The van der Waals surface area contributed by atoms with Crippen molar-refractivity contribution in [3.05, 3.63) is 42.1 Å². The van der Waals surface area contributed by atoms with Crippen LogP contribution in [0, 0.1) is 11.3 Å². The van der Waals surface area contributed by atoms with Crippen molar-refractivity contribution in [3.8, 4) is 17.5 Å². The Kier molecular flexibility index (Phi) is 2.06. The van der Waals surface area contributed by atoms with Gasteiger partial charge in [-0.05, 0) is 12.1 Å². The van der Waals surface area contributed by atoms with E-state index in [1.807, 2.05) is 42.5 Å². The van der Waals surface area contributed by atoms with Gasteiger partial charge in [0.25, 0.3) is 0 Å². The van der Waals surface area contributed by atoms with E-state index >= 15 is 0 Å². The third kappa shape index (κ3) is 1.52. The number of rotatable bonds is 1. The first kappa shape index (κ1) is 9.48. The first-order valence-corrected chi connectivity index (χ1v) is 5.05. The van der Waals surface area contributed by atoms with Crippen LogP contribution in [0.5, 0.6) is 0 Å². The van der Waals surface area contributed by atoms with Crippen molar-refractivity contribution < 1.29 is 0 Å². The predicted molar refractivity (Wildman–Crippen MR) is 61.8 cm³/mol. The summed E-state index contributed by atoms with van der Waals surface area (Å²) < 4.78 is 0. The molecule has 1 aromatic carbocycles. The van der Waals surface area contributed by atoms with Gasteiger partial charge in [-0.2, -0.15) is 15.6 Å². The van der Waals surface area contributed by atoms with Crippen molar-refractivity contribution in [2.24, 2.45) is 0 Å². The normalized spacial score (nSPS) is 10.3. The Morgan fingerprint density at radius 3 is 2.82 bits per heavy atom. The van der Waals surface area contributed by atoms with E-state index in [0.717, 1.165) is 10.9 Å². The third-order valence-corrected chi connectivity index (χ3v) is 2.49. The molecule has 0 radical (unpaired) electrons. The summed E-state index contributed by atoms with van der Waals surface area (Å²) in [4.78, 5) is 4.45. The van der Waals surface area contributed by atoms with Crippen LogP contribution < -0.4 is 0 Å². The summed E-state index contributed by atoms with van der Waals surface area (Å²) in [5.74, 6) is 0. The fraction of sp³-hybridized carbons (Fsp3) is 0. The van der Waals surface area contributed by atoms with Crippen LogP contribution in [0.25, 0.3) is 22.3 Å². The number of hydrogen-bond acceptors (Lipinski definition) is 4. The molecule has 0 bridgehead atoms. The average Bonchev–Trinajstić information content (AvgIpc) is 2.86. The van der Waals surface area contributed by atoms with E-state index in [0.29, 0.717) is 11.4 Å². The van der Waals surface area contributed by atoms with Crippen molar-refractivity contribution in [2.45, 2.75) is 0 Å². The van der Waals surface area contributed by atoms with Crippen molar-refractivity contribution in [1.82, 2.24) is 20.4 Å². The summed E-state index contributed by atoms with van der Waals surface area (Å²) >= 11 is 0. The molecule has 5 nitrogen and oxygen atoms in total. The lowest BCUT2D eigenvalue weighted by Gasteiger charge is -1.99. The molecule has 1 N–H and O–H groups in total. The monoisotopic (exact) mass is 221 g/mol. The molecule has 0 aliphatic carbocycles. The van der Waals surface area contributed by atoms with Gasteiger partial charge in [-0.15, -0.1) is 5.10 Å². The van der Waals surface area contributed by atoms with Gasteiger partial charge in [0.05, 0.1) is 11.2 Å². The van der Waals surface area contributed by atoms with Crippen molar-refractivity contribution in [1.29, 1.82) is 5.26 Å². The van der Waals surface area contributed by atoms with Gasteiger partial charge in [0.2, 0.25) is 0 Å². The topological polar surface area (TPSA) is 78.2 Å². The van der Waals surface area contributed by atoms with Crippen molar-refractivity contribution in [3.63, 3.8) is 0 Å². The summed E-state index contributed by atoms with van der Waals surface area (Å²) in [5.41, 5.74) is 2.26. The Labute approximate surface area is 96.7 Å². The molecule has 0 aliphatic rings. The number of nitrogens with zero attached hydrogens (tertiary/aromatic N) is 4. The second-order valence-corrected chi connectivity index (χ2v) is 3.52. The van der Waals surface area contributed by atoms with Gasteiger partial charge in [-0.1, -0.05) is 24.3 Å². The molecule has 0 spiro atoms. The smallest absolute Gasteiger partial charge is 0.192 e. The van der Waals surface area contributed by atoms with E-state index in [2.05, 4.69) is 20.4 Å². The lowest BCUT2D eigenvalue weighted by atomic mass is 10.1. The molecule has 0 saturated heterocycles. The minimum atomic E-state index is 0.257. The van der Waals surface area contributed by atoms with E-state index in [1.54, 1.807) is 0 Å². The predicted octanol–water partition coefficient (Wildman–Crippen LogP) is 1.89. The zero-order chi connectivity index (χ0) is 11.7. The van der Waals surface area contributed by atoms with Crippen LogP contribution in [0.2, 0.25) is 0 Å². The van der Waals surface area contributed by atoms with Crippen LogP contribution in [0.3, 0.4) is 0 Å². The summed E-state index contributed by atoms with van der Waals surface area (Å²) in [7, 11) is 0. The highest BCUT2D eigenvalue weighted by Crippen LogP contribution is 2.20. The molecule has 3 aromatic rings. The maximum atomic E-state index is 8.88. The highest BCUT2D eigenvalue weighted by atomic mass is 15.3. The average molecular weight is 221 g/mol. The zero-order valence-electron chi connectivity index (χ0n) is 8.75. The van der Waals surface area contributed by atoms with Gasteiger partial charge in [0, 0.05) is 5.39 Å². The molecule has 80 valence electrons. The lowest BCUT2D eigenvalue weighted by molar-refractivity contribution is 0.936. The van der Waals surface area contributed by atoms with Gasteiger partial charge in [0.15, 0.2) is 5.69 Å². The lowest BCUT2D eigenvalue weighted by Crippen LogP contribution is -1.88. The highest BCUT2D eigenvalue weighted by Gasteiger charge is 2.11. The van der Waals surface area contributed by atoms with Crippen LogP contribution in [0.15, 0.2) is 36.4 Å². The number of H-pyrrole nitrogens is 1. The van der Waals surface area contributed by atoms with E-state index < -0.39 is 0 Å². The standard InChI is InChI=1S/C12H7N5/c13-7-11-12(16-17-15-11)10-6-5-8-3-1-2-4-9(8)14-10/h1-6H,(H,15,16,17). The maximum absolute atomic E-state index is 8.88. The second kappa shape index (κ2) is 3.68. The van der Waals surface area contributed by atoms with Gasteiger partial charge in [0.1, 0.15) is 11.8 Å². The Balaban J connectivity index is 2.22. The van der Waals surface area contributed by atoms with Gasteiger partial charge >= 0.3 is 0 Å². The number of benzene rings is 1. The first-order valence-electron chi connectivity index (χ1n) is 5.05. The number of nitrogens with one attached hydrogen (secondary N) is 1. The SMILES string of the molecule is N#Cc1n[nH]nc1-c1ccc2ccccc2n1. The fourth-order valence-electron chi connectivity index (χ4n) is 1.69. The summed E-state index contributed by atoms with van der Waals surface area (Å²) in [6, 6.07) is 13.6. The van der Waals surface area contributed by atoms with Crippen molar-refractivity contribution >= 4 is 10.9 Å². The largest absolute Gasteiger partial charge is 0.246 e. The van der Waals surface area contributed by atoms with E-state index in [9.17, 15) is 0 Å². The minimum absolute atomic E-state index is 0.257. The Hall–Kier alpha value is -2.74. The maximum Gasteiger partial charge on any atom is 0.192 e. The number of fused-ring (bicyclic) bond motifs is 1. The second-order valence-electron chi connectivity index (χ2n) is 3.52. The van der Waals surface area contributed by atoms with Crippen LogP contribution in [0.4, 0.5) is 0 Å². The highest BCUT2D eigenvalue weighted by molar-refractivity contribution is 5.81. The number of nitriles is 1. The molecular weight excluding hydrogens is 214 g/mol. The molecule has 3 rings (SSSR count). The summed E-state index contributed by atoms with van der Waals surface area (Å²) in [5, 5.41) is 20.1. The molecule has 0 fully saturated rings. The van der Waals surface area contributed by atoms with Gasteiger partial charge in [-0.25, -0.2) is 4.98 Å². The molecule has 0 unspecified atom stereocenters. The molecule has 0 atom stereocenters. The first-order chi connectivity index (χ1) is 8.38. The molecule has 5 heteroatoms. The summed E-state index contributed by atoms with van der Waals surface area (Å²) in [6.45, 7) is 0. The molecule has 2 aromatic heterocycles. The summed E-state index contributed by atoms with van der Waals surface area (Å²) in [6.07, 6.45) is 0. The van der Waals surface area contributed by atoms with E-state index in [1.165, 1.54) is 0 Å². The quantitative estimate of drug-likeness (QED) is 0.680. The number of aromatic nitrogens is 4. The Bertz CT molecular complexity index is 723. The molecule has 0 saturated carbocycles. The van der Waals surface area contributed by atoms with Gasteiger partial charge in [-0.3, -0.25) is 0 Å². The number of hydrogen-bond donors (Lipinski definition) is 1. The van der Waals surface area contributed by atoms with E-state index in [-0.39, 0.29) is 5.69 Å². The molecule has 2 heterocycles. The van der Waals surface area contributed by atoms with Crippen molar-refractivity contribution in [2.75, 3.05) is 0 Å². The zero-order valence-corrected chi connectivity index (χ0v) is 8.75. The Morgan fingerprint density at radius 2 is 1.94 bits per heavy atom. The van der Waals surface area contributed by atoms with E-state index in [4.69, 9.17) is 5.26 Å². The molecule has 0 amide bonds. The number of aromatic amines is 1. The minimum Gasteiger partial charge on any atom is -0.246 e. The Morgan fingerprint density at radius 1 is 1.06 bits per heavy atom. The molecule has 17 heavy (non-hydrogen) atoms. The molecule has 0 aliphatic heterocycles. The molecular formula is C12H7N5. The van der Waals surface area contributed by atoms with Crippen LogP contribution in [-0.2, 0) is 0 Å². The van der Waals surface area contributed by atoms with Crippen LogP contribution in [-0.4, -0.2) is 20.4 Å². The van der Waals surface area contributed by atoms with Gasteiger partial charge < -0.3 is 0 Å². The third-order valence-electron chi connectivity index (χ3n) is 2.49. The number of pyridine rings is 1.